The van der Waals surface area contributed by atoms with Crippen molar-refractivity contribution in [1.82, 2.24) is 19.9 Å². The van der Waals surface area contributed by atoms with Crippen LogP contribution in [-0.4, -0.2) is 77.7 Å². The number of nitrogens with one attached hydrogen (secondary N) is 1. The van der Waals surface area contributed by atoms with Gasteiger partial charge in [0.2, 0.25) is 11.9 Å². The molecular weight excluding hydrogens is 465 g/mol. The van der Waals surface area contributed by atoms with Crippen LogP contribution in [0.1, 0.15) is 30.4 Å². The SMILES string of the molecule is Cc1cc(N2CCC[C@@H]2COCCC(=O)N2CCN(c3ncc(C(F)(F)F)cn3)CC2)c[nH]c1=O. The Morgan fingerprint density at radius 3 is 2.54 bits per heavy atom. The lowest BCUT2D eigenvalue weighted by atomic mass is 10.2. The third kappa shape index (κ3) is 6.11. The minimum Gasteiger partial charge on any atom is -0.379 e. The summed E-state index contributed by atoms with van der Waals surface area (Å²) in [5, 5.41) is 0. The normalized spacial score (nSPS) is 18.9. The van der Waals surface area contributed by atoms with Gasteiger partial charge in [0.15, 0.2) is 0 Å². The Balaban J connectivity index is 1.18. The fraction of sp³-hybridized carbons (Fsp3) is 0.565. The standard InChI is InChI=1S/C23H29F3N6O3/c1-16-11-19(14-27-21(16)34)32-5-2-3-18(32)15-35-10-4-20(33)30-6-8-31(9-7-30)22-28-12-17(13-29-22)23(24,25)26/h11-14,18H,2-10,15H2,1H3,(H,27,34)/t18-/m1/s1. The number of amides is 1. The Labute approximate surface area is 200 Å². The third-order valence-electron chi connectivity index (χ3n) is 6.43. The quantitative estimate of drug-likeness (QED) is 0.590. The Kier molecular flexibility index (Phi) is 7.58. The molecule has 35 heavy (non-hydrogen) atoms. The number of carbonyl (C=O) groups is 1. The molecule has 4 rings (SSSR count). The summed E-state index contributed by atoms with van der Waals surface area (Å²) in [7, 11) is 0. The number of carbonyl (C=O) groups excluding carboxylic acids is 1. The van der Waals surface area contributed by atoms with Gasteiger partial charge in [-0.25, -0.2) is 9.97 Å². The molecule has 12 heteroatoms. The van der Waals surface area contributed by atoms with Crippen molar-refractivity contribution in [2.24, 2.45) is 0 Å². The first-order valence-corrected chi connectivity index (χ1v) is 11.7. The van der Waals surface area contributed by atoms with E-state index in [0.29, 0.717) is 45.0 Å². The van der Waals surface area contributed by atoms with Crippen LogP contribution in [0.2, 0.25) is 0 Å². The van der Waals surface area contributed by atoms with E-state index in [9.17, 15) is 22.8 Å². The summed E-state index contributed by atoms with van der Waals surface area (Å²) in [4.78, 5) is 40.3. The van der Waals surface area contributed by atoms with E-state index in [2.05, 4.69) is 19.9 Å². The summed E-state index contributed by atoms with van der Waals surface area (Å²) in [5.74, 6) is 0.213. The van der Waals surface area contributed by atoms with Crippen LogP contribution in [0.3, 0.4) is 0 Å². The summed E-state index contributed by atoms with van der Waals surface area (Å²) in [6, 6.07) is 2.08. The van der Waals surface area contributed by atoms with Gasteiger partial charge in [-0.05, 0) is 25.8 Å². The molecule has 0 bridgehead atoms. The highest BCUT2D eigenvalue weighted by Crippen LogP contribution is 2.28. The van der Waals surface area contributed by atoms with Crippen LogP contribution in [-0.2, 0) is 15.7 Å². The number of hydrogen-bond donors (Lipinski definition) is 1. The lowest BCUT2D eigenvalue weighted by molar-refractivity contribution is -0.138. The maximum Gasteiger partial charge on any atom is 0.419 e. The third-order valence-corrected chi connectivity index (χ3v) is 6.43. The summed E-state index contributed by atoms with van der Waals surface area (Å²) in [6.07, 6.45) is 1.11. The zero-order chi connectivity index (χ0) is 25.0. The number of alkyl halides is 3. The van der Waals surface area contributed by atoms with Crippen molar-refractivity contribution >= 4 is 17.5 Å². The molecule has 2 aliphatic heterocycles. The first-order chi connectivity index (χ1) is 16.7. The van der Waals surface area contributed by atoms with E-state index in [0.717, 1.165) is 37.5 Å². The molecule has 190 valence electrons. The van der Waals surface area contributed by atoms with Crippen LogP contribution in [0.15, 0.2) is 29.5 Å². The number of ether oxygens (including phenoxy) is 1. The van der Waals surface area contributed by atoms with Crippen molar-refractivity contribution < 1.29 is 22.7 Å². The topological polar surface area (TPSA) is 94.7 Å². The average molecular weight is 495 g/mol. The molecule has 1 N–H and O–H groups in total. The summed E-state index contributed by atoms with van der Waals surface area (Å²) in [6.45, 7) is 5.30. The predicted octanol–water partition coefficient (Wildman–Crippen LogP) is 2.22. The van der Waals surface area contributed by atoms with Crippen LogP contribution in [0.4, 0.5) is 24.8 Å². The molecule has 0 aliphatic carbocycles. The van der Waals surface area contributed by atoms with Crippen LogP contribution in [0, 0.1) is 6.92 Å². The molecule has 2 fully saturated rings. The van der Waals surface area contributed by atoms with Gasteiger partial charge in [0, 0.05) is 56.9 Å². The highest BCUT2D eigenvalue weighted by Gasteiger charge is 2.32. The second-order valence-electron chi connectivity index (χ2n) is 8.82. The van der Waals surface area contributed by atoms with E-state index in [4.69, 9.17) is 4.74 Å². The van der Waals surface area contributed by atoms with Gasteiger partial charge >= 0.3 is 6.18 Å². The zero-order valence-electron chi connectivity index (χ0n) is 19.6. The van der Waals surface area contributed by atoms with E-state index < -0.39 is 11.7 Å². The number of H-pyrrole nitrogens is 1. The predicted molar refractivity (Wildman–Crippen MR) is 123 cm³/mol. The number of hydrogen-bond acceptors (Lipinski definition) is 7. The van der Waals surface area contributed by atoms with Crippen molar-refractivity contribution in [3.8, 4) is 0 Å². The molecule has 2 aliphatic rings. The van der Waals surface area contributed by atoms with Crippen LogP contribution >= 0.6 is 0 Å². The number of piperazine rings is 1. The van der Waals surface area contributed by atoms with Gasteiger partial charge in [0.25, 0.3) is 5.56 Å². The molecule has 0 unspecified atom stereocenters. The van der Waals surface area contributed by atoms with E-state index in [1.165, 1.54) is 0 Å². The van der Waals surface area contributed by atoms with Crippen molar-refractivity contribution in [1.29, 1.82) is 0 Å². The number of aromatic nitrogens is 3. The zero-order valence-corrected chi connectivity index (χ0v) is 19.6. The smallest absolute Gasteiger partial charge is 0.379 e. The highest BCUT2D eigenvalue weighted by molar-refractivity contribution is 5.76. The fourth-order valence-electron chi connectivity index (χ4n) is 4.42. The molecule has 2 aromatic rings. The monoisotopic (exact) mass is 494 g/mol. The number of rotatable bonds is 7. The van der Waals surface area contributed by atoms with Crippen molar-refractivity contribution in [3.63, 3.8) is 0 Å². The van der Waals surface area contributed by atoms with E-state index in [1.54, 1.807) is 22.9 Å². The number of anilines is 2. The molecule has 0 spiro atoms. The Morgan fingerprint density at radius 2 is 1.89 bits per heavy atom. The van der Waals surface area contributed by atoms with Crippen molar-refractivity contribution in [3.05, 3.63) is 46.1 Å². The van der Waals surface area contributed by atoms with Gasteiger partial charge < -0.3 is 24.4 Å². The van der Waals surface area contributed by atoms with Gasteiger partial charge in [-0.2, -0.15) is 13.2 Å². The summed E-state index contributed by atoms with van der Waals surface area (Å²) < 4.78 is 43.9. The Morgan fingerprint density at radius 1 is 1.17 bits per heavy atom. The van der Waals surface area contributed by atoms with Crippen LogP contribution in [0.25, 0.3) is 0 Å². The maximum atomic E-state index is 12.7. The van der Waals surface area contributed by atoms with Crippen molar-refractivity contribution in [2.45, 2.75) is 38.4 Å². The second kappa shape index (κ2) is 10.6. The molecule has 0 saturated carbocycles. The minimum absolute atomic E-state index is 0.0162. The van der Waals surface area contributed by atoms with E-state index >= 15 is 0 Å². The van der Waals surface area contributed by atoms with Crippen LogP contribution in [0.5, 0.6) is 0 Å². The minimum atomic E-state index is -4.47. The van der Waals surface area contributed by atoms with Gasteiger partial charge in [0.05, 0.1) is 36.9 Å². The first kappa shape index (κ1) is 25.0. The number of halogens is 3. The maximum absolute atomic E-state index is 12.7. The molecule has 0 aromatic carbocycles. The van der Waals surface area contributed by atoms with Gasteiger partial charge in [-0.3, -0.25) is 9.59 Å². The molecule has 4 heterocycles. The lowest BCUT2D eigenvalue weighted by Crippen LogP contribution is -2.49. The number of aryl methyl sites for hydroxylation is 1. The van der Waals surface area contributed by atoms with E-state index in [-0.39, 0.29) is 29.9 Å². The average Bonchev–Trinajstić information content (AvgIpc) is 3.31. The molecule has 2 aromatic heterocycles. The molecule has 2 saturated heterocycles. The fourth-order valence-corrected chi connectivity index (χ4v) is 4.42. The largest absolute Gasteiger partial charge is 0.419 e. The van der Waals surface area contributed by atoms with Gasteiger partial charge in [0.1, 0.15) is 0 Å². The molecule has 9 nitrogen and oxygen atoms in total. The molecule has 0 radical (unpaired) electrons. The highest BCUT2D eigenvalue weighted by atomic mass is 19.4. The van der Waals surface area contributed by atoms with Crippen LogP contribution < -0.4 is 15.4 Å². The number of aromatic amines is 1. The number of pyridine rings is 1. The molecule has 1 amide bonds. The lowest BCUT2D eigenvalue weighted by Gasteiger charge is -2.34. The summed E-state index contributed by atoms with van der Waals surface area (Å²) >= 11 is 0. The Bertz CT molecular complexity index is 1070. The molecular formula is C23H29F3N6O3. The summed E-state index contributed by atoms with van der Waals surface area (Å²) in [5.41, 5.74) is 0.667. The second-order valence-corrected chi connectivity index (χ2v) is 8.82. The number of nitrogens with zero attached hydrogens (tertiary/aromatic N) is 5. The van der Waals surface area contributed by atoms with E-state index in [1.807, 2.05) is 6.07 Å². The molecule has 1 atom stereocenters. The van der Waals surface area contributed by atoms with Gasteiger partial charge in [-0.1, -0.05) is 0 Å². The van der Waals surface area contributed by atoms with Crippen molar-refractivity contribution in [2.75, 3.05) is 55.7 Å². The Hall–Kier alpha value is -3.15. The van der Waals surface area contributed by atoms with Gasteiger partial charge in [-0.15, -0.1) is 0 Å². The first-order valence-electron chi connectivity index (χ1n) is 11.7.